The number of rotatable bonds is 6. The number of hydrogen-bond donors (Lipinski definition) is 3. The molecule has 0 bridgehead atoms. The maximum atomic E-state index is 13.7. The SMILES string of the molecule is CNc1cc(Nc2cccn(-c3cccc(F)c3)c2=O)nc2c(C(=O)NC3CCC3)cnn12. The molecule has 0 radical (unpaired) electrons. The first kappa shape index (κ1) is 20.7. The molecule has 0 saturated heterocycles. The first-order chi connectivity index (χ1) is 16.0. The number of carbonyl (C=O) groups is 1. The van der Waals surface area contributed by atoms with E-state index < -0.39 is 5.82 Å². The van der Waals surface area contributed by atoms with Gasteiger partial charge >= 0.3 is 0 Å². The Morgan fingerprint density at radius 1 is 1.18 bits per heavy atom. The highest BCUT2D eigenvalue weighted by molar-refractivity contribution is 6.00. The zero-order valence-electron chi connectivity index (χ0n) is 17.9. The lowest BCUT2D eigenvalue weighted by molar-refractivity contribution is 0.0918. The van der Waals surface area contributed by atoms with Gasteiger partial charge in [0.1, 0.15) is 28.7 Å². The van der Waals surface area contributed by atoms with Gasteiger partial charge < -0.3 is 16.0 Å². The molecule has 5 rings (SSSR count). The van der Waals surface area contributed by atoms with Crippen molar-refractivity contribution in [1.29, 1.82) is 0 Å². The van der Waals surface area contributed by atoms with E-state index >= 15 is 0 Å². The van der Waals surface area contributed by atoms with Gasteiger partial charge in [0.05, 0.1) is 11.9 Å². The molecule has 4 aromatic rings. The monoisotopic (exact) mass is 447 g/mol. The van der Waals surface area contributed by atoms with Crippen LogP contribution in [0.25, 0.3) is 11.3 Å². The summed E-state index contributed by atoms with van der Waals surface area (Å²) in [5.74, 6) is 0.289. The third-order valence-electron chi connectivity index (χ3n) is 5.71. The van der Waals surface area contributed by atoms with Crippen LogP contribution in [-0.2, 0) is 0 Å². The maximum absolute atomic E-state index is 13.7. The Morgan fingerprint density at radius 3 is 2.76 bits per heavy atom. The molecule has 1 saturated carbocycles. The number of nitrogens with zero attached hydrogens (tertiary/aromatic N) is 4. The standard InChI is InChI=1S/C23H22FN7O2/c1-25-20-12-19(29-21-17(13-26-31(20)21)22(32)27-15-6-3-7-15)28-18-9-4-10-30(23(18)33)16-8-2-5-14(24)11-16/h2,4-5,8-13,15,25H,3,6-7H2,1H3,(H,27,32)(H,28,29). The molecule has 1 aliphatic rings. The van der Waals surface area contributed by atoms with Crippen LogP contribution in [0.15, 0.2) is 59.7 Å². The van der Waals surface area contributed by atoms with Crippen LogP contribution in [0.3, 0.4) is 0 Å². The van der Waals surface area contributed by atoms with Gasteiger partial charge in [0.25, 0.3) is 11.5 Å². The number of hydrogen-bond acceptors (Lipinski definition) is 6. The van der Waals surface area contributed by atoms with Gasteiger partial charge in [-0.1, -0.05) is 6.07 Å². The van der Waals surface area contributed by atoms with E-state index in [1.54, 1.807) is 43.6 Å². The molecular formula is C23H22FN7O2. The van der Waals surface area contributed by atoms with Crippen molar-refractivity contribution < 1.29 is 9.18 Å². The number of halogens is 1. The summed E-state index contributed by atoms with van der Waals surface area (Å²) in [7, 11) is 1.73. The second kappa shape index (κ2) is 8.38. The molecule has 1 fully saturated rings. The largest absolute Gasteiger partial charge is 0.373 e. The number of anilines is 3. The van der Waals surface area contributed by atoms with Gasteiger partial charge in [0.2, 0.25) is 0 Å². The Bertz CT molecular complexity index is 1410. The average molecular weight is 447 g/mol. The van der Waals surface area contributed by atoms with Gasteiger partial charge in [0.15, 0.2) is 5.65 Å². The second-order valence-corrected chi connectivity index (χ2v) is 7.87. The highest BCUT2D eigenvalue weighted by Gasteiger charge is 2.23. The highest BCUT2D eigenvalue weighted by atomic mass is 19.1. The first-order valence-electron chi connectivity index (χ1n) is 10.7. The zero-order valence-corrected chi connectivity index (χ0v) is 17.9. The fourth-order valence-electron chi connectivity index (χ4n) is 3.74. The van der Waals surface area contributed by atoms with E-state index in [2.05, 4.69) is 26.0 Å². The minimum Gasteiger partial charge on any atom is -0.373 e. The minimum atomic E-state index is -0.433. The molecule has 0 unspecified atom stereocenters. The van der Waals surface area contributed by atoms with E-state index in [-0.39, 0.29) is 23.2 Å². The first-order valence-corrected chi connectivity index (χ1v) is 10.7. The molecule has 1 aromatic carbocycles. The van der Waals surface area contributed by atoms with Crippen molar-refractivity contribution >= 4 is 28.9 Å². The molecule has 9 nitrogen and oxygen atoms in total. The lowest BCUT2D eigenvalue weighted by Crippen LogP contribution is -2.39. The van der Waals surface area contributed by atoms with E-state index in [1.807, 2.05) is 0 Å². The third-order valence-corrected chi connectivity index (χ3v) is 5.71. The van der Waals surface area contributed by atoms with Gasteiger partial charge in [-0.3, -0.25) is 14.2 Å². The quantitative estimate of drug-likeness (QED) is 0.420. The van der Waals surface area contributed by atoms with Gasteiger partial charge in [0, 0.05) is 25.4 Å². The van der Waals surface area contributed by atoms with Gasteiger partial charge in [-0.2, -0.15) is 9.61 Å². The Morgan fingerprint density at radius 2 is 2.03 bits per heavy atom. The summed E-state index contributed by atoms with van der Waals surface area (Å²) in [6.07, 6.45) is 6.11. The van der Waals surface area contributed by atoms with E-state index in [1.165, 1.54) is 27.4 Å². The molecule has 168 valence electrons. The Balaban J connectivity index is 1.51. The molecular weight excluding hydrogens is 425 g/mol. The fraction of sp³-hybridized carbons (Fsp3) is 0.217. The molecule has 3 aromatic heterocycles. The number of nitrogens with one attached hydrogen (secondary N) is 3. The number of pyridine rings is 1. The molecule has 3 N–H and O–H groups in total. The van der Waals surface area contributed by atoms with E-state index in [0.717, 1.165) is 19.3 Å². The van der Waals surface area contributed by atoms with Crippen molar-refractivity contribution in [3.8, 4) is 5.69 Å². The van der Waals surface area contributed by atoms with Crippen LogP contribution in [0.5, 0.6) is 0 Å². The van der Waals surface area contributed by atoms with Crippen LogP contribution < -0.4 is 21.5 Å². The van der Waals surface area contributed by atoms with Crippen LogP contribution in [0.1, 0.15) is 29.6 Å². The van der Waals surface area contributed by atoms with Crippen molar-refractivity contribution in [2.75, 3.05) is 17.7 Å². The lowest BCUT2D eigenvalue weighted by atomic mass is 9.93. The summed E-state index contributed by atoms with van der Waals surface area (Å²) >= 11 is 0. The normalized spacial score (nSPS) is 13.5. The summed E-state index contributed by atoms with van der Waals surface area (Å²) in [4.78, 5) is 30.3. The molecule has 33 heavy (non-hydrogen) atoms. The maximum Gasteiger partial charge on any atom is 0.278 e. The minimum absolute atomic E-state index is 0.183. The van der Waals surface area contributed by atoms with Crippen LogP contribution in [0, 0.1) is 5.82 Å². The fourth-order valence-corrected chi connectivity index (χ4v) is 3.74. The van der Waals surface area contributed by atoms with Gasteiger partial charge in [-0.15, -0.1) is 0 Å². The van der Waals surface area contributed by atoms with Crippen LogP contribution in [0.4, 0.5) is 21.7 Å². The summed E-state index contributed by atoms with van der Waals surface area (Å²) in [5, 5.41) is 13.4. The summed E-state index contributed by atoms with van der Waals surface area (Å²) in [5.41, 5.74) is 1.01. The van der Waals surface area contributed by atoms with Crippen LogP contribution >= 0.6 is 0 Å². The predicted molar refractivity (Wildman–Crippen MR) is 123 cm³/mol. The van der Waals surface area contributed by atoms with Crippen molar-refractivity contribution in [3.05, 3.63) is 76.6 Å². The molecule has 3 heterocycles. The van der Waals surface area contributed by atoms with Crippen molar-refractivity contribution in [1.82, 2.24) is 24.5 Å². The lowest BCUT2D eigenvalue weighted by Gasteiger charge is -2.26. The molecule has 10 heteroatoms. The molecule has 0 spiro atoms. The number of aromatic nitrogens is 4. The van der Waals surface area contributed by atoms with Gasteiger partial charge in [-0.25, -0.2) is 9.37 Å². The van der Waals surface area contributed by atoms with Crippen molar-refractivity contribution in [2.24, 2.45) is 0 Å². The third kappa shape index (κ3) is 3.91. The smallest absolute Gasteiger partial charge is 0.278 e. The molecule has 0 aliphatic heterocycles. The number of carbonyl (C=O) groups excluding carboxylic acids is 1. The molecule has 1 amide bonds. The van der Waals surface area contributed by atoms with Crippen LogP contribution in [0.2, 0.25) is 0 Å². The van der Waals surface area contributed by atoms with Gasteiger partial charge in [-0.05, 0) is 49.6 Å². The van der Waals surface area contributed by atoms with Crippen molar-refractivity contribution in [2.45, 2.75) is 25.3 Å². The number of amides is 1. The Kier molecular flexibility index (Phi) is 5.25. The van der Waals surface area contributed by atoms with Crippen molar-refractivity contribution in [3.63, 3.8) is 0 Å². The molecule has 0 atom stereocenters. The topological polar surface area (TPSA) is 105 Å². The van der Waals surface area contributed by atoms with Crippen LogP contribution in [-0.4, -0.2) is 38.2 Å². The highest BCUT2D eigenvalue weighted by Crippen LogP contribution is 2.23. The second-order valence-electron chi connectivity index (χ2n) is 7.87. The van der Waals surface area contributed by atoms with E-state index in [9.17, 15) is 14.0 Å². The zero-order chi connectivity index (χ0) is 22.9. The summed E-state index contributed by atoms with van der Waals surface area (Å²) < 4.78 is 16.5. The van der Waals surface area contributed by atoms with E-state index in [4.69, 9.17) is 0 Å². The predicted octanol–water partition coefficient (Wildman–Crippen LogP) is 3.09. The summed E-state index contributed by atoms with van der Waals surface area (Å²) in [6, 6.07) is 11.0. The summed E-state index contributed by atoms with van der Waals surface area (Å²) in [6.45, 7) is 0. The molecule has 1 aliphatic carbocycles. The Labute approximate surface area is 188 Å². The number of benzene rings is 1. The number of fused-ring (bicyclic) bond motifs is 1. The van der Waals surface area contributed by atoms with E-state index in [0.29, 0.717) is 28.5 Å². The Hall–Kier alpha value is -4.21. The average Bonchev–Trinajstić information content (AvgIpc) is 3.21.